The molecule has 0 aliphatic heterocycles. The van der Waals surface area contributed by atoms with E-state index >= 15 is 0 Å². The molecule has 0 amide bonds. The van der Waals surface area contributed by atoms with Crippen molar-refractivity contribution in [1.29, 1.82) is 0 Å². The molecule has 1 aromatic carbocycles. The summed E-state index contributed by atoms with van der Waals surface area (Å²) in [7, 11) is -2.15. The molecule has 0 bridgehead atoms. The molecule has 0 spiro atoms. The Morgan fingerprint density at radius 3 is 2.59 bits per heavy atom. The Morgan fingerprint density at radius 1 is 1.41 bits per heavy atom. The minimum Gasteiger partial charge on any atom is -0.497 e. The van der Waals surface area contributed by atoms with Gasteiger partial charge in [0.1, 0.15) is 5.75 Å². The monoisotopic (exact) mass is 259 g/mol. The third kappa shape index (κ3) is 4.33. The van der Waals surface area contributed by atoms with Crippen LogP contribution < -0.4 is 9.46 Å². The van der Waals surface area contributed by atoms with E-state index < -0.39 is 15.6 Å². The van der Waals surface area contributed by atoms with Crippen LogP contribution in [0, 0.1) is 0 Å². The van der Waals surface area contributed by atoms with Gasteiger partial charge in [-0.05, 0) is 26.0 Å². The Kier molecular flexibility index (Phi) is 4.13. The van der Waals surface area contributed by atoms with Gasteiger partial charge in [0.15, 0.2) is 0 Å². The van der Waals surface area contributed by atoms with Crippen LogP contribution in [0.25, 0.3) is 0 Å². The van der Waals surface area contributed by atoms with Gasteiger partial charge in [-0.3, -0.25) is 0 Å². The van der Waals surface area contributed by atoms with Gasteiger partial charge in [0.25, 0.3) is 0 Å². The van der Waals surface area contributed by atoms with Gasteiger partial charge < -0.3 is 9.84 Å². The highest BCUT2D eigenvalue weighted by molar-refractivity contribution is 7.89. The lowest BCUT2D eigenvalue weighted by atomic mass is 10.1. The van der Waals surface area contributed by atoms with E-state index in [9.17, 15) is 13.5 Å². The molecular formula is C11H17NO4S. The van der Waals surface area contributed by atoms with Gasteiger partial charge in [-0.2, -0.15) is 0 Å². The van der Waals surface area contributed by atoms with E-state index in [1.165, 1.54) is 33.1 Å². The van der Waals surface area contributed by atoms with Crippen LogP contribution in [0.2, 0.25) is 0 Å². The summed E-state index contributed by atoms with van der Waals surface area (Å²) in [5.74, 6) is 0.469. The second-order valence-corrected chi connectivity index (χ2v) is 6.08. The van der Waals surface area contributed by atoms with Crippen LogP contribution in [0.15, 0.2) is 29.2 Å². The number of rotatable bonds is 5. The Hall–Kier alpha value is -1.11. The van der Waals surface area contributed by atoms with Crippen molar-refractivity contribution in [2.45, 2.75) is 24.3 Å². The molecule has 0 saturated heterocycles. The van der Waals surface area contributed by atoms with E-state index in [-0.39, 0.29) is 11.4 Å². The number of nitrogens with one attached hydrogen (secondary N) is 1. The van der Waals surface area contributed by atoms with Crippen molar-refractivity contribution < 1.29 is 18.3 Å². The molecule has 17 heavy (non-hydrogen) atoms. The van der Waals surface area contributed by atoms with Crippen molar-refractivity contribution in [3.8, 4) is 5.75 Å². The van der Waals surface area contributed by atoms with Gasteiger partial charge in [0, 0.05) is 12.6 Å². The average Bonchev–Trinajstić information content (AvgIpc) is 2.26. The van der Waals surface area contributed by atoms with E-state index in [2.05, 4.69) is 4.72 Å². The highest BCUT2D eigenvalue weighted by Gasteiger charge is 2.19. The molecular weight excluding hydrogens is 242 g/mol. The van der Waals surface area contributed by atoms with E-state index in [1.807, 2.05) is 0 Å². The minimum absolute atomic E-state index is 0.0491. The number of ether oxygens (including phenoxy) is 1. The van der Waals surface area contributed by atoms with Crippen molar-refractivity contribution in [2.75, 3.05) is 13.7 Å². The first-order chi connectivity index (χ1) is 7.74. The fourth-order valence-corrected chi connectivity index (χ4v) is 2.36. The number of sulfonamides is 1. The quantitative estimate of drug-likeness (QED) is 0.818. The zero-order valence-corrected chi connectivity index (χ0v) is 10.9. The third-order valence-electron chi connectivity index (χ3n) is 2.05. The fourth-order valence-electron chi connectivity index (χ4n) is 1.12. The molecule has 2 N–H and O–H groups in total. The summed E-state index contributed by atoms with van der Waals surface area (Å²) < 4.78 is 31.0. The number of methoxy groups -OCH3 is 1. The number of hydrogen-bond acceptors (Lipinski definition) is 4. The van der Waals surface area contributed by atoms with Gasteiger partial charge in [0.2, 0.25) is 10.0 Å². The topological polar surface area (TPSA) is 75.6 Å². The Bertz CT molecular complexity index is 476. The normalized spacial score (nSPS) is 12.5. The predicted octanol–water partition coefficient (Wildman–Crippen LogP) is 0.744. The molecule has 0 aliphatic carbocycles. The van der Waals surface area contributed by atoms with Gasteiger partial charge in [-0.15, -0.1) is 0 Å². The number of aliphatic hydroxyl groups is 1. The van der Waals surface area contributed by atoms with Gasteiger partial charge >= 0.3 is 0 Å². The van der Waals surface area contributed by atoms with Crippen LogP contribution >= 0.6 is 0 Å². The maximum atomic E-state index is 11.9. The summed E-state index contributed by atoms with van der Waals surface area (Å²) in [6, 6.07) is 6.15. The zero-order valence-electron chi connectivity index (χ0n) is 10.1. The third-order valence-corrected chi connectivity index (χ3v) is 3.45. The van der Waals surface area contributed by atoms with Crippen LogP contribution in [0.5, 0.6) is 5.75 Å². The fraction of sp³-hybridized carbons (Fsp3) is 0.455. The molecule has 1 rings (SSSR count). The zero-order chi connectivity index (χ0) is 13.1. The standard InChI is InChI=1S/C11H17NO4S/c1-11(2,13)8-12-17(14,15)10-6-4-5-9(7-10)16-3/h4-7,12-13H,8H2,1-3H3. The molecule has 0 unspecified atom stereocenters. The van der Waals surface area contributed by atoms with Crippen molar-refractivity contribution >= 4 is 10.0 Å². The second-order valence-electron chi connectivity index (χ2n) is 4.32. The Balaban J connectivity index is 2.89. The smallest absolute Gasteiger partial charge is 0.240 e. The van der Waals surface area contributed by atoms with Crippen LogP contribution in [0.3, 0.4) is 0 Å². The number of hydrogen-bond donors (Lipinski definition) is 2. The maximum absolute atomic E-state index is 11.9. The van der Waals surface area contributed by atoms with Crippen molar-refractivity contribution in [3.05, 3.63) is 24.3 Å². The highest BCUT2D eigenvalue weighted by atomic mass is 32.2. The van der Waals surface area contributed by atoms with Crippen LogP contribution in [0.1, 0.15) is 13.8 Å². The average molecular weight is 259 g/mol. The van der Waals surface area contributed by atoms with Crippen molar-refractivity contribution in [3.63, 3.8) is 0 Å². The lowest BCUT2D eigenvalue weighted by Crippen LogP contribution is -2.38. The summed E-state index contributed by atoms with van der Waals surface area (Å²) in [4.78, 5) is 0.112. The lowest BCUT2D eigenvalue weighted by Gasteiger charge is -2.17. The van der Waals surface area contributed by atoms with E-state index in [0.717, 1.165) is 0 Å². The molecule has 96 valence electrons. The first-order valence-electron chi connectivity index (χ1n) is 5.11. The molecule has 0 aromatic heterocycles. The molecule has 0 atom stereocenters. The van der Waals surface area contributed by atoms with E-state index in [1.54, 1.807) is 12.1 Å². The second kappa shape index (κ2) is 5.03. The molecule has 0 radical (unpaired) electrons. The summed E-state index contributed by atoms with van der Waals surface area (Å²) in [5, 5.41) is 9.48. The molecule has 5 nitrogen and oxygen atoms in total. The van der Waals surface area contributed by atoms with Gasteiger partial charge in [-0.1, -0.05) is 6.07 Å². The summed E-state index contributed by atoms with van der Waals surface area (Å²) in [6.07, 6.45) is 0. The summed E-state index contributed by atoms with van der Waals surface area (Å²) in [5.41, 5.74) is -1.09. The first-order valence-corrected chi connectivity index (χ1v) is 6.59. The van der Waals surface area contributed by atoms with Crippen LogP contribution in [-0.2, 0) is 10.0 Å². The molecule has 6 heteroatoms. The molecule has 1 aromatic rings. The Morgan fingerprint density at radius 2 is 2.06 bits per heavy atom. The first kappa shape index (κ1) is 14.0. The van der Waals surface area contributed by atoms with Crippen LogP contribution in [-0.4, -0.2) is 32.8 Å². The lowest BCUT2D eigenvalue weighted by molar-refractivity contribution is 0.0857. The Labute approximate surface area is 101 Å². The predicted molar refractivity (Wildman–Crippen MR) is 64.5 cm³/mol. The largest absolute Gasteiger partial charge is 0.497 e. The summed E-state index contributed by atoms with van der Waals surface area (Å²) >= 11 is 0. The summed E-state index contributed by atoms with van der Waals surface area (Å²) in [6.45, 7) is 3.01. The van der Waals surface area contributed by atoms with Crippen molar-refractivity contribution in [2.24, 2.45) is 0 Å². The molecule has 0 fully saturated rings. The van der Waals surface area contributed by atoms with Gasteiger partial charge in [-0.25, -0.2) is 13.1 Å². The van der Waals surface area contributed by atoms with Crippen LogP contribution in [0.4, 0.5) is 0 Å². The molecule has 0 heterocycles. The highest BCUT2D eigenvalue weighted by Crippen LogP contribution is 2.17. The SMILES string of the molecule is COc1cccc(S(=O)(=O)NCC(C)(C)O)c1. The number of benzene rings is 1. The van der Waals surface area contributed by atoms with E-state index in [4.69, 9.17) is 4.74 Å². The molecule has 0 saturated carbocycles. The maximum Gasteiger partial charge on any atom is 0.240 e. The van der Waals surface area contributed by atoms with E-state index in [0.29, 0.717) is 5.75 Å². The molecule has 0 aliphatic rings. The van der Waals surface area contributed by atoms with Gasteiger partial charge in [0.05, 0.1) is 17.6 Å². The van der Waals surface area contributed by atoms with Crippen molar-refractivity contribution in [1.82, 2.24) is 4.72 Å². The minimum atomic E-state index is -3.62.